The molecule has 0 aromatic heterocycles. The number of rotatable bonds is 2. The van der Waals surface area contributed by atoms with E-state index in [0.29, 0.717) is 31.4 Å². The molecule has 1 fully saturated rings. The van der Waals surface area contributed by atoms with Gasteiger partial charge in [0, 0.05) is 7.11 Å². The zero-order chi connectivity index (χ0) is 8.86. The van der Waals surface area contributed by atoms with Crippen LogP contribution in [0, 0.1) is 0 Å². The van der Waals surface area contributed by atoms with Crippen molar-refractivity contribution < 1.29 is 18.0 Å². The van der Waals surface area contributed by atoms with Crippen molar-refractivity contribution in [1.82, 2.24) is 0 Å². The highest BCUT2D eigenvalue weighted by Gasteiger charge is 2.39. The van der Waals surface area contributed by atoms with Crippen LogP contribution in [0.5, 0.6) is 0 Å². The first kappa shape index (κ1) is 10.6. The van der Waals surface area contributed by atoms with Crippen molar-refractivity contribution in [2.75, 3.05) is 38.5 Å². The van der Waals surface area contributed by atoms with Gasteiger partial charge in [0.1, 0.15) is 0 Å². The fourth-order valence-electron chi connectivity index (χ4n) is 0.905. The molecular weight excluding hydrogens is 244 g/mol. The Hall–Kier alpha value is 0.537. The summed E-state index contributed by atoms with van der Waals surface area (Å²) in [5.74, 6) is 0. The van der Waals surface area contributed by atoms with Crippen LogP contribution in [0.15, 0.2) is 0 Å². The molecular formula is C6H13BrO4Si. The van der Waals surface area contributed by atoms with Crippen LogP contribution in [0.2, 0.25) is 0 Å². The second kappa shape index (κ2) is 5.31. The summed E-state index contributed by atoms with van der Waals surface area (Å²) in [6, 6.07) is 0. The quantitative estimate of drug-likeness (QED) is 0.535. The molecule has 1 rings (SSSR count). The maximum atomic E-state index is 5.49. The number of alkyl halides is 1. The minimum atomic E-state index is -2.38. The third-order valence-electron chi connectivity index (χ3n) is 1.57. The third-order valence-corrected chi connectivity index (χ3v) is 5.87. The van der Waals surface area contributed by atoms with Gasteiger partial charge in [-0.2, -0.15) is 0 Å². The average Bonchev–Trinajstić information content (AvgIpc) is 2.06. The Morgan fingerprint density at radius 3 is 2.25 bits per heavy atom. The highest BCUT2D eigenvalue weighted by Crippen LogP contribution is 2.12. The van der Waals surface area contributed by atoms with Gasteiger partial charge in [0.25, 0.3) is 0 Å². The fourth-order valence-corrected chi connectivity index (χ4v) is 3.93. The van der Waals surface area contributed by atoms with E-state index in [2.05, 4.69) is 15.9 Å². The summed E-state index contributed by atoms with van der Waals surface area (Å²) < 4.78 is 21.4. The fraction of sp³-hybridized carbons (Fsp3) is 1.00. The van der Waals surface area contributed by atoms with Gasteiger partial charge in [-0.15, -0.1) is 0 Å². The summed E-state index contributed by atoms with van der Waals surface area (Å²) in [6.45, 7) is 2.33. The van der Waals surface area contributed by atoms with Gasteiger partial charge in [0.2, 0.25) is 0 Å². The van der Waals surface area contributed by atoms with Crippen molar-refractivity contribution in [2.24, 2.45) is 0 Å². The van der Waals surface area contributed by atoms with Crippen LogP contribution in [0.1, 0.15) is 0 Å². The molecule has 1 heterocycles. The summed E-state index contributed by atoms with van der Waals surface area (Å²) in [4.78, 5) is 0.635. The summed E-state index contributed by atoms with van der Waals surface area (Å²) in [5.41, 5.74) is 0. The number of hydrogen-bond acceptors (Lipinski definition) is 4. The molecule has 0 aromatic carbocycles. The lowest BCUT2D eigenvalue weighted by atomic mass is 10.7. The first-order chi connectivity index (χ1) is 5.83. The molecule has 72 valence electrons. The second-order valence-electron chi connectivity index (χ2n) is 2.33. The summed E-state index contributed by atoms with van der Waals surface area (Å²) in [6.07, 6.45) is 0. The highest BCUT2D eigenvalue weighted by molar-refractivity contribution is 9.09. The molecule has 12 heavy (non-hydrogen) atoms. The van der Waals surface area contributed by atoms with E-state index in [1.807, 2.05) is 0 Å². The molecule has 0 atom stereocenters. The molecule has 1 aliphatic rings. The van der Waals surface area contributed by atoms with E-state index in [0.717, 1.165) is 0 Å². The van der Waals surface area contributed by atoms with Crippen molar-refractivity contribution >= 4 is 24.7 Å². The molecule has 1 aliphatic heterocycles. The zero-order valence-corrected chi connectivity index (χ0v) is 9.63. The lowest BCUT2D eigenvalue weighted by Gasteiger charge is -2.28. The monoisotopic (exact) mass is 256 g/mol. The Kier molecular flexibility index (Phi) is 4.69. The van der Waals surface area contributed by atoms with Crippen LogP contribution in [-0.4, -0.2) is 47.3 Å². The van der Waals surface area contributed by atoms with Crippen LogP contribution >= 0.6 is 15.9 Å². The third kappa shape index (κ3) is 2.79. The minimum absolute atomic E-state index is 0.547. The predicted octanol–water partition coefficient (Wildman–Crippen LogP) is 0.569. The second-order valence-corrected chi connectivity index (χ2v) is 6.63. The van der Waals surface area contributed by atoms with Gasteiger partial charge in [-0.3, -0.25) is 0 Å². The molecule has 1 saturated heterocycles. The molecule has 0 bridgehead atoms. The smallest absolute Gasteiger partial charge is 0.377 e. The Morgan fingerprint density at radius 2 is 1.83 bits per heavy atom. The van der Waals surface area contributed by atoms with Gasteiger partial charge in [-0.1, -0.05) is 15.9 Å². The first-order valence-electron chi connectivity index (χ1n) is 3.80. The number of halogens is 1. The highest BCUT2D eigenvalue weighted by atomic mass is 79.9. The van der Waals surface area contributed by atoms with Crippen molar-refractivity contribution in [3.8, 4) is 0 Å². The molecule has 4 nitrogen and oxygen atoms in total. The van der Waals surface area contributed by atoms with Gasteiger partial charge < -0.3 is 18.0 Å². The van der Waals surface area contributed by atoms with Gasteiger partial charge in [0.15, 0.2) is 0 Å². The van der Waals surface area contributed by atoms with Crippen LogP contribution in [0.4, 0.5) is 0 Å². The summed E-state index contributed by atoms with van der Waals surface area (Å²) >= 11 is 3.33. The van der Waals surface area contributed by atoms with E-state index < -0.39 is 8.80 Å². The van der Waals surface area contributed by atoms with E-state index in [4.69, 9.17) is 18.0 Å². The number of ether oxygens (including phenoxy) is 1. The molecule has 0 aliphatic carbocycles. The van der Waals surface area contributed by atoms with Crippen LogP contribution in [0.25, 0.3) is 0 Å². The lowest BCUT2D eigenvalue weighted by molar-refractivity contribution is -0.00625. The Labute approximate surface area is 81.6 Å². The van der Waals surface area contributed by atoms with Crippen molar-refractivity contribution in [2.45, 2.75) is 0 Å². The maximum Gasteiger partial charge on any atom is 0.511 e. The van der Waals surface area contributed by atoms with Crippen LogP contribution in [0.3, 0.4) is 0 Å². The maximum absolute atomic E-state index is 5.49. The summed E-state index contributed by atoms with van der Waals surface area (Å²) in [7, 11) is -0.756. The molecule has 0 amide bonds. The standard InChI is InChI=1S/C6H13BrO4Si/c1-8-12(6-7)10-4-2-9-3-5-11-12/h2-6H2,1H3. The molecule has 0 spiro atoms. The van der Waals surface area contributed by atoms with Gasteiger partial charge in [-0.25, -0.2) is 0 Å². The van der Waals surface area contributed by atoms with Crippen molar-refractivity contribution in [3.05, 3.63) is 0 Å². The van der Waals surface area contributed by atoms with E-state index in [-0.39, 0.29) is 0 Å². The van der Waals surface area contributed by atoms with Crippen molar-refractivity contribution in [1.29, 1.82) is 0 Å². The van der Waals surface area contributed by atoms with Gasteiger partial charge in [-0.05, 0) is 0 Å². The predicted molar refractivity (Wildman–Crippen MR) is 49.3 cm³/mol. The topological polar surface area (TPSA) is 36.9 Å². The Bertz CT molecular complexity index is 121. The normalized spacial score (nSPS) is 24.5. The van der Waals surface area contributed by atoms with E-state index in [1.54, 1.807) is 7.11 Å². The number of hydrogen-bond donors (Lipinski definition) is 0. The minimum Gasteiger partial charge on any atom is -0.377 e. The molecule has 0 saturated carbocycles. The van der Waals surface area contributed by atoms with Crippen molar-refractivity contribution in [3.63, 3.8) is 0 Å². The average molecular weight is 257 g/mol. The van der Waals surface area contributed by atoms with Crippen LogP contribution in [-0.2, 0) is 18.0 Å². The SMILES string of the molecule is CO[Si]1(CBr)OCCOCCO1. The summed E-state index contributed by atoms with van der Waals surface area (Å²) in [5, 5.41) is 0. The van der Waals surface area contributed by atoms with Crippen LogP contribution < -0.4 is 0 Å². The van der Waals surface area contributed by atoms with E-state index in [1.165, 1.54) is 0 Å². The first-order valence-corrected chi connectivity index (χ1v) is 6.85. The molecule has 6 heteroatoms. The largest absolute Gasteiger partial charge is 0.511 e. The molecule has 0 unspecified atom stereocenters. The Morgan fingerprint density at radius 1 is 1.25 bits per heavy atom. The lowest BCUT2D eigenvalue weighted by Crippen LogP contribution is -2.49. The van der Waals surface area contributed by atoms with Gasteiger partial charge in [0.05, 0.1) is 31.4 Å². The molecule has 0 aromatic rings. The zero-order valence-electron chi connectivity index (χ0n) is 7.05. The molecule has 0 radical (unpaired) electrons. The van der Waals surface area contributed by atoms with Gasteiger partial charge >= 0.3 is 8.80 Å². The van der Waals surface area contributed by atoms with E-state index in [9.17, 15) is 0 Å². The molecule has 0 N–H and O–H groups in total. The Balaban J connectivity index is 2.45. The van der Waals surface area contributed by atoms with E-state index >= 15 is 0 Å².